The van der Waals surface area contributed by atoms with Gasteiger partial charge >= 0.3 is 11.9 Å². The summed E-state index contributed by atoms with van der Waals surface area (Å²) >= 11 is 0. The Balaban J connectivity index is 2.69. The molecule has 0 saturated carbocycles. The molecule has 0 aromatic carbocycles. The molecule has 1 aliphatic rings. The molecule has 124 valence electrons. The fraction of sp³-hybridized carbons (Fsp3) is 0.667. The van der Waals surface area contributed by atoms with E-state index in [4.69, 9.17) is 15.3 Å². The topological polar surface area (TPSA) is 165 Å². The van der Waals surface area contributed by atoms with Crippen LogP contribution in [0.15, 0.2) is 0 Å². The van der Waals surface area contributed by atoms with Gasteiger partial charge in [-0.2, -0.15) is 0 Å². The monoisotopic (exact) mass is 317 g/mol. The summed E-state index contributed by atoms with van der Waals surface area (Å²) in [6, 6.07) is -3.48. The normalized spacial score (nSPS) is 20.0. The van der Waals surface area contributed by atoms with Crippen LogP contribution in [-0.4, -0.2) is 70.3 Å². The van der Waals surface area contributed by atoms with Crippen LogP contribution in [0.25, 0.3) is 0 Å². The maximum atomic E-state index is 11.9. The number of carboxylic acids is 2. The van der Waals surface area contributed by atoms with E-state index in [0.717, 1.165) is 6.42 Å². The van der Waals surface area contributed by atoms with Crippen LogP contribution in [-0.2, 0) is 19.2 Å². The van der Waals surface area contributed by atoms with Crippen LogP contribution in [0.1, 0.15) is 19.3 Å². The smallest absolute Gasteiger partial charge is 0.328 e. The van der Waals surface area contributed by atoms with Crippen molar-refractivity contribution in [3.63, 3.8) is 0 Å². The largest absolute Gasteiger partial charge is 0.481 e. The molecule has 10 heteroatoms. The molecule has 0 aliphatic carbocycles. The lowest BCUT2D eigenvalue weighted by Gasteiger charge is -2.21. The molecule has 1 aliphatic heterocycles. The second-order valence-electron chi connectivity index (χ2n) is 4.89. The van der Waals surface area contributed by atoms with Gasteiger partial charge in [0.25, 0.3) is 0 Å². The van der Waals surface area contributed by atoms with Crippen LogP contribution in [0, 0.1) is 0 Å². The number of amides is 2. The van der Waals surface area contributed by atoms with Crippen molar-refractivity contribution in [1.29, 1.82) is 0 Å². The van der Waals surface area contributed by atoms with Crippen molar-refractivity contribution >= 4 is 23.8 Å². The van der Waals surface area contributed by atoms with E-state index in [0.29, 0.717) is 13.0 Å². The summed E-state index contributed by atoms with van der Waals surface area (Å²) in [5, 5.41) is 33.6. The Morgan fingerprint density at radius 2 is 1.82 bits per heavy atom. The zero-order chi connectivity index (χ0) is 16.7. The highest BCUT2D eigenvalue weighted by Gasteiger charge is 2.30. The maximum absolute atomic E-state index is 11.9. The third-order valence-corrected chi connectivity index (χ3v) is 3.19. The zero-order valence-corrected chi connectivity index (χ0v) is 11.7. The van der Waals surface area contributed by atoms with E-state index in [9.17, 15) is 19.2 Å². The van der Waals surface area contributed by atoms with Gasteiger partial charge in [0, 0.05) is 0 Å². The minimum atomic E-state index is -1.56. The maximum Gasteiger partial charge on any atom is 0.328 e. The second kappa shape index (κ2) is 8.29. The molecule has 6 N–H and O–H groups in total. The van der Waals surface area contributed by atoms with Gasteiger partial charge in [-0.3, -0.25) is 14.4 Å². The number of aliphatic hydroxyl groups excluding tert-OH is 1. The molecule has 2 amide bonds. The Morgan fingerprint density at radius 1 is 1.14 bits per heavy atom. The Bertz CT molecular complexity index is 448. The third kappa shape index (κ3) is 5.30. The first-order valence-electron chi connectivity index (χ1n) is 6.74. The van der Waals surface area contributed by atoms with Gasteiger partial charge in [0.1, 0.15) is 12.1 Å². The quantitative estimate of drug-likeness (QED) is 0.280. The molecular formula is C12H19N3O7. The predicted octanol–water partition coefficient (Wildman–Crippen LogP) is -2.74. The van der Waals surface area contributed by atoms with Gasteiger partial charge in [-0.1, -0.05) is 0 Å². The van der Waals surface area contributed by atoms with Gasteiger partial charge in [0.2, 0.25) is 11.8 Å². The number of hydrogen-bond donors (Lipinski definition) is 6. The summed E-state index contributed by atoms with van der Waals surface area (Å²) in [7, 11) is 0. The average Bonchev–Trinajstić information content (AvgIpc) is 2.96. The summed E-state index contributed by atoms with van der Waals surface area (Å²) < 4.78 is 0. The van der Waals surface area contributed by atoms with E-state index in [2.05, 4.69) is 10.6 Å². The molecule has 0 radical (unpaired) electrons. The number of hydrogen-bond acceptors (Lipinski definition) is 6. The molecule has 0 aromatic rings. The van der Waals surface area contributed by atoms with Gasteiger partial charge in [-0.05, 0) is 19.4 Å². The van der Waals surface area contributed by atoms with Crippen molar-refractivity contribution in [3.8, 4) is 0 Å². The molecule has 0 bridgehead atoms. The van der Waals surface area contributed by atoms with E-state index in [1.807, 2.05) is 5.32 Å². The number of carbonyl (C=O) groups is 4. The van der Waals surface area contributed by atoms with Gasteiger partial charge in [-0.15, -0.1) is 0 Å². The molecule has 1 rings (SSSR count). The number of aliphatic hydroxyl groups is 1. The van der Waals surface area contributed by atoms with Crippen LogP contribution >= 0.6 is 0 Å². The predicted molar refractivity (Wildman–Crippen MR) is 71.9 cm³/mol. The minimum absolute atomic E-state index is 0.503. The van der Waals surface area contributed by atoms with Crippen LogP contribution in [0.3, 0.4) is 0 Å². The molecule has 1 heterocycles. The fourth-order valence-electron chi connectivity index (χ4n) is 2.02. The summed E-state index contributed by atoms with van der Waals surface area (Å²) in [6.07, 6.45) is 0.670. The van der Waals surface area contributed by atoms with Crippen LogP contribution < -0.4 is 16.0 Å². The molecule has 0 aromatic heterocycles. The lowest BCUT2D eigenvalue weighted by Crippen LogP contribution is -2.55. The van der Waals surface area contributed by atoms with Crippen molar-refractivity contribution in [3.05, 3.63) is 0 Å². The SMILES string of the molecule is O=C(O)CC(NC(=O)C1CCCN1)C(=O)NC(CO)C(=O)O. The van der Waals surface area contributed by atoms with Crippen molar-refractivity contribution < 1.29 is 34.5 Å². The lowest BCUT2D eigenvalue weighted by molar-refractivity contribution is -0.144. The lowest BCUT2D eigenvalue weighted by atomic mass is 10.1. The molecule has 22 heavy (non-hydrogen) atoms. The van der Waals surface area contributed by atoms with E-state index in [1.54, 1.807) is 0 Å². The van der Waals surface area contributed by atoms with Crippen molar-refractivity contribution in [2.45, 2.75) is 37.4 Å². The Morgan fingerprint density at radius 3 is 2.27 bits per heavy atom. The molecular weight excluding hydrogens is 298 g/mol. The van der Waals surface area contributed by atoms with Gasteiger partial charge in [0.05, 0.1) is 19.1 Å². The summed E-state index contributed by atoms with van der Waals surface area (Å²) in [5.41, 5.74) is 0. The first kappa shape index (κ1) is 17.9. The third-order valence-electron chi connectivity index (χ3n) is 3.19. The number of carboxylic acid groups (broad SMARTS) is 2. The highest BCUT2D eigenvalue weighted by atomic mass is 16.4. The Hall–Kier alpha value is -2.20. The number of nitrogens with one attached hydrogen (secondary N) is 3. The van der Waals surface area contributed by atoms with Gasteiger partial charge in [-0.25, -0.2) is 4.79 Å². The summed E-state index contributed by atoms with van der Waals surface area (Å²) in [5.74, 6) is -4.28. The van der Waals surface area contributed by atoms with Crippen molar-refractivity contribution in [2.75, 3.05) is 13.2 Å². The molecule has 1 saturated heterocycles. The Labute approximate surface area is 125 Å². The molecule has 10 nitrogen and oxygen atoms in total. The molecule has 1 fully saturated rings. The van der Waals surface area contributed by atoms with Crippen LogP contribution in [0.4, 0.5) is 0 Å². The summed E-state index contributed by atoms with van der Waals surface area (Å²) in [4.78, 5) is 45.4. The number of aliphatic carboxylic acids is 2. The molecule has 3 unspecified atom stereocenters. The summed E-state index contributed by atoms with van der Waals surface area (Å²) in [6.45, 7) is -0.196. The molecule has 0 spiro atoms. The zero-order valence-electron chi connectivity index (χ0n) is 11.7. The van der Waals surface area contributed by atoms with E-state index < -0.39 is 54.9 Å². The first-order chi connectivity index (χ1) is 10.3. The van der Waals surface area contributed by atoms with E-state index in [-0.39, 0.29) is 0 Å². The highest BCUT2D eigenvalue weighted by Crippen LogP contribution is 2.06. The number of carbonyl (C=O) groups excluding carboxylic acids is 2. The van der Waals surface area contributed by atoms with Gasteiger partial charge < -0.3 is 31.3 Å². The van der Waals surface area contributed by atoms with Crippen molar-refractivity contribution in [1.82, 2.24) is 16.0 Å². The van der Waals surface area contributed by atoms with E-state index in [1.165, 1.54) is 0 Å². The van der Waals surface area contributed by atoms with Crippen LogP contribution in [0.2, 0.25) is 0 Å². The fourth-order valence-corrected chi connectivity index (χ4v) is 2.02. The minimum Gasteiger partial charge on any atom is -0.481 e. The second-order valence-corrected chi connectivity index (χ2v) is 4.89. The first-order valence-corrected chi connectivity index (χ1v) is 6.74. The average molecular weight is 317 g/mol. The Kier molecular flexibility index (Phi) is 6.73. The molecule has 3 atom stereocenters. The standard InChI is InChI=1S/C12H19N3O7/c16-5-8(12(21)22)15-11(20)7(4-9(17)18)14-10(19)6-2-1-3-13-6/h6-8,13,16H,1-5H2,(H,14,19)(H,15,20)(H,17,18)(H,21,22). The van der Waals surface area contributed by atoms with Crippen LogP contribution in [0.5, 0.6) is 0 Å². The van der Waals surface area contributed by atoms with Crippen molar-refractivity contribution in [2.24, 2.45) is 0 Å². The highest BCUT2D eigenvalue weighted by molar-refractivity contribution is 5.94. The number of rotatable bonds is 8. The van der Waals surface area contributed by atoms with E-state index >= 15 is 0 Å². The van der Waals surface area contributed by atoms with Gasteiger partial charge in [0.15, 0.2) is 0 Å².